The molecular weight excluding hydrogens is 414 g/mol. The Morgan fingerprint density at radius 3 is 2.09 bits per heavy atom. The number of hydrogen-bond donors (Lipinski definition) is 1. The Kier molecular flexibility index (Phi) is 7.02. The second-order valence-corrected chi connectivity index (χ2v) is 9.37. The molecule has 1 aliphatic rings. The molecule has 0 bridgehead atoms. The summed E-state index contributed by atoms with van der Waals surface area (Å²) < 4.78 is 0. The molecule has 3 nitrogen and oxygen atoms in total. The van der Waals surface area contributed by atoms with Crippen LogP contribution in [0.25, 0.3) is 11.3 Å². The van der Waals surface area contributed by atoms with Gasteiger partial charge in [0, 0.05) is 24.1 Å². The maximum atomic E-state index is 5.87. The van der Waals surface area contributed by atoms with Gasteiger partial charge in [-0.15, -0.1) is 0 Å². The minimum atomic E-state index is 0.389. The Morgan fingerprint density at radius 2 is 1.44 bits per heavy atom. The summed E-state index contributed by atoms with van der Waals surface area (Å²) in [5.41, 5.74) is 12.1. The van der Waals surface area contributed by atoms with E-state index in [1.165, 1.54) is 42.5 Å². The third-order valence-corrected chi connectivity index (χ3v) is 7.06. The summed E-state index contributed by atoms with van der Waals surface area (Å²) >= 11 is 0. The zero-order valence-electron chi connectivity index (χ0n) is 19.7. The molecule has 0 saturated carbocycles. The van der Waals surface area contributed by atoms with E-state index >= 15 is 0 Å². The number of aromatic nitrogens is 1. The average molecular weight is 448 g/mol. The van der Waals surface area contributed by atoms with Gasteiger partial charge in [0.1, 0.15) is 5.82 Å². The molecule has 1 saturated heterocycles. The first kappa shape index (κ1) is 22.4. The van der Waals surface area contributed by atoms with E-state index in [-0.39, 0.29) is 0 Å². The lowest BCUT2D eigenvalue weighted by molar-refractivity contribution is 0.143. The number of likely N-dealkylation sites (tertiary alicyclic amines) is 1. The van der Waals surface area contributed by atoms with Crippen molar-refractivity contribution in [2.45, 2.75) is 37.6 Å². The summed E-state index contributed by atoms with van der Waals surface area (Å²) in [6.45, 7) is 2.23. The molecule has 3 aromatic carbocycles. The molecule has 1 unspecified atom stereocenters. The van der Waals surface area contributed by atoms with Gasteiger partial charge in [-0.1, -0.05) is 97.4 Å². The number of nitrogen functional groups attached to an aromatic ring is 1. The van der Waals surface area contributed by atoms with E-state index in [1.807, 2.05) is 18.2 Å². The number of hydrogen-bond acceptors (Lipinski definition) is 3. The molecule has 1 aromatic heterocycles. The summed E-state index contributed by atoms with van der Waals surface area (Å²) in [4.78, 5) is 7.20. The Hall–Kier alpha value is -3.43. The van der Waals surface area contributed by atoms with Crippen LogP contribution in [0.5, 0.6) is 0 Å². The van der Waals surface area contributed by atoms with Crippen molar-refractivity contribution in [3.63, 3.8) is 0 Å². The molecule has 172 valence electrons. The van der Waals surface area contributed by atoms with Crippen LogP contribution < -0.4 is 5.73 Å². The van der Waals surface area contributed by atoms with Gasteiger partial charge >= 0.3 is 0 Å². The average Bonchev–Trinajstić information content (AvgIpc) is 2.90. The minimum Gasteiger partial charge on any atom is -0.384 e. The van der Waals surface area contributed by atoms with Crippen molar-refractivity contribution in [3.05, 3.63) is 120 Å². The zero-order valence-corrected chi connectivity index (χ0v) is 19.7. The van der Waals surface area contributed by atoms with Crippen LogP contribution in [-0.4, -0.2) is 29.0 Å². The standard InChI is InChI=1S/C31H33N3/c32-31-16-9-15-30(33-31)27-19-17-24(18-20-27)22-28-14-7-8-21-34(28)23-29(25-10-3-1-4-11-25)26-12-5-2-6-13-26/h1-6,9-13,15-20,28-29H,7-8,14,21-23H2,(H2,32,33). The Bertz CT molecular complexity index is 1130. The molecule has 0 amide bonds. The van der Waals surface area contributed by atoms with Crippen molar-refractivity contribution in [3.8, 4) is 11.3 Å². The van der Waals surface area contributed by atoms with E-state index in [2.05, 4.69) is 94.8 Å². The van der Waals surface area contributed by atoms with Crippen molar-refractivity contribution < 1.29 is 0 Å². The number of pyridine rings is 1. The number of nitrogens with two attached hydrogens (primary N) is 1. The molecule has 0 radical (unpaired) electrons. The van der Waals surface area contributed by atoms with Crippen molar-refractivity contribution in [2.75, 3.05) is 18.8 Å². The van der Waals surface area contributed by atoms with Crippen molar-refractivity contribution >= 4 is 5.82 Å². The highest BCUT2D eigenvalue weighted by atomic mass is 15.2. The fourth-order valence-corrected chi connectivity index (χ4v) is 5.24. The second kappa shape index (κ2) is 10.7. The zero-order chi connectivity index (χ0) is 23.2. The van der Waals surface area contributed by atoms with Crippen LogP contribution in [0.1, 0.15) is 41.9 Å². The molecule has 0 spiro atoms. The molecular formula is C31H33N3. The van der Waals surface area contributed by atoms with Crippen LogP contribution in [0.4, 0.5) is 5.82 Å². The molecule has 5 rings (SSSR count). The Morgan fingerprint density at radius 1 is 0.765 bits per heavy atom. The van der Waals surface area contributed by atoms with Gasteiger partial charge in [0.15, 0.2) is 0 Å². The van der Waals surface area contributed by atoms with Crippen molar-refractivity contribution in [1.82, 2.24) is 9.88 Å². The maximum Gasteiger partial charge on any atom is 0.124 e. The summed E-state index contributed by atoms with van der Waals surface area (Å²) in [7, 11) is 0. The number of anilines is 1. The quantitative estimate of drug-likeness (QED) is 0.349. The number of rotatable bonds is 7. The molecule has 1 aliphatic heterocycles. The third-order valence-electron chi connectivity index (χ3n) is 7.06. The van der Waals surface area contributed by atoms with Crippen molar-refractivity contribution in [1.29, 1.82) is 0 Å². The summed E-state index contributed by atoms with van der Waals surface area (Å²) in [6.07, 6.45) is 4.94. The third kappa shape index (κ3) is 5.37. The first-order valence-corrected chi connectivity index (χ1v) is 12.4. The Balaban J connectivity index is 1.33. The van der Waals surface area contributed by atoms with Crippen molar-refractivity contribution in [2.24, 2.45) is 0 Å². The van der Waals surface area contributed by atoms with E-state index in [0.29, 0.717) is 17.8 Å². The molecule has 0 aliphatic carbocycles. The lowest BCUT2D eigenvalue weighted by Gasteiger charge is -2.38. The minimum absolute atomic E-state index is 0.389. The molecule has 1 fully saturated rings. The van der Waals surface area contributed by atoms with Crippen LogP contribution in [0, 0.1) is 0 Å². The predicted octanol–water partition coefficient (Wildman–Crippen LogP) is 6.56. The van der Waals surface area contributed by atoms with Crippen LogP contribution in [-0.2, 0) is 6.42 Å². The summed E-state index contributed by atoms with van der Waals surface area (Å²) in [5.74, 6) is 0.950. The van der Waals surface area contributed by atoms with Crippen LogP contribution in [0.3, 0.4) is 0 Å². The normalized spacial score (nSPS) is 16.6. The smallest absolute Gasteiger partial charge is 0.124 e. The van der Waals surface area contributed by atoms with E-state index in [4.69, 9.17) is 5.73 Å². The van der Waals surface area contributed by atoms with Gasteiger partial charge in [-0.3, -0.25) is 4.90 Å². The highest BCUT2D eigenvalue weighted by molar-refractivity contribution is 5.61. The maximum absolute atomic E-state index is 5.87. The van der Waals surface area contributed by atoms with Gasteiger partial charge in [0.25, 0.3) is 0 Å². The molecule has 2 N–H and O–H groups in total. The van der Waals surface area contributed by atoms with E-state index in [1.54, 1.807) is 0 Å². The van der Waals surface area contributed by atoms with Gasteiger partial charge in [0.2, 0.25) is 0 Å². The van der Waals surface area contributed by atoms with Crippen LogP contribution in [0.15, 0.2) is 103 Å². The first-order valence-electron chi connectivity index (χ1n) is 12.4. The summed E-state index contributed by atoms with van der Waals surface area (Å²) in [5, 5.41) is 0. The molecule has 3 heteroatoms. The summed E-state index contributed by atoms with van der Waals surface area (Å²) in [6, 6.07) is 37.2. The molecule has 1 atom stereocenters. The molecule has 4 aromatic rings. The lowest BCUT2D eigenvalue weighted by Crippen LogP contribution is -2.43. The van der Waals surface area contributed by atoms with Gasteiger partial charge in [-0.25, -0.2) is 4.98 Å². The van der Waals surface area contributed by atoms with E-state index in [9.17, 15) is 0 Å². The first-order chi connectivity index (χ1) is 16.8. The van der Waals surface area contributed by atoms with Gasteiger partial charge in [0.05, 0.1) is 5.69 Å². The van der Waals surface area contributed by atoms with Gasteiger partial charge in [-0.2, -0.15) is 0 Å². The molecule has 2 heterocycles. The second-order valence-electron chi connectivity index (χ2n) is 9.37. The van der Waals surface area contributed by atoms with Crippen LogP contribution >= 0.6 is 0 Å². The number of nitrogens with zero attached hydrogens (tertiary/aromatic N) is 2. The topological polar surface area (TPSA) is 42.1 Å². The van der Waals surface area contributed by atoms with E-state index in [0.717, 1.165) is 24.2 Å². The monoisotopic (exact) mass is 447 g/mol. The molecule has 34 heavy (non-hydrogen) atoms. The number of benzene rings is 3. The Labute approximate surface area is 203 Å². The van der Waals surface area contributed by atoms with Gasteiger partial charge in [-0.05, 0) is 54.6 Å². The largest absolute Gasteiger partial charge is 0.384 e. The number of piperidine rings is 1. The predicted molar refractivity (Wildman–Crippen MR) is 142 cm³/mol. The van der Waals surface area contributed by atoms with Gasteiger partial charge < -0.3 is 5.73 Å². The fourth-order valence-electron chi connectivity index (χ4n) is 5.24. The SMILES string of the molecule is Nc1cccc(-c2ccc(CC3CCCCN3CC(c3ccccc3)c3ccccc3)cc2)n1. The highest BCUT2D eigenvalue weighted by Gasteiger charge is 2.26. The fraction of sp³-hybridized carbons (Fsp3) is 0.258. The lowest BCUT2D eigenvalue weighted by atomic mass is 9.88. The van der Waals surface area contributed by atoms with E-state index < -0.39 is 0 Å². The highest BCUT2D eigenvalue weighted by Crippen LogP contribution is 2.30. The van der Waals surface area contributed by atoms with Crippen LogP contribution in [0.2, 0.25) is 0 Å².